The predicted octanol–water partition coefficient (Wildman–Crippen LogP) is 4.76. The van der Waals surface area contributed by atoms with E-state index in [1.807, 2.05) is 19.1 Å². The van der Waals surface area contributed by atoms with Gasteiger partial charge in [0.1, 0.15) is 5.75 Å². The Bertz CT molecular complexity index is 374. The van der Waals surface area contributed by atoms with Crippen molar-refractivity contribution >= 4 is 23.2 Å². The van der Waals surface area contributed by atoms with Crippen LogP contribution in [0.5, 0.6) is 5.75 Å². The zero-order chi connectivity index (χ0) is 12.1. The first-order chi connectivity index (χ1) is 7.58. The lowest BCUT2D eigenvalue weighted by atomic mass is 10.0. The smallest absolute Gasteiger partial charge is 0.141 e. The van der Waals surface area contributed by atoms with Gasteiger partial charge in [0.05, 0.1) is 11.6 Å². The fraction of sp³-hybridized carbons (Fsp3) is 0.385. The van der Waals surface area contributed by atoms with Crippen LogP contribution in [0.25, 0.3) is 0 Å². The number of ether oxygens (including phenoxy) is 1. The minimum atomic E-state index is 0.369. The Morgan fingerprint density at radius 1 is 1.44 bits per heavy atom. The van der Waals surface area contributed by atoms with Crippen molar-refractivity contribution < 1.29 is 4.74 Å². The van der Waals surface area contributed by atoms with E-state index in [9.17, 15) is 0 Å². The Morgan fingerprint density at radius 3 is 2.69 bits per heavy atom. The van der Waals surface area contributed by atoms with Crippen LogP contribution in [0.2, 0.25) is 10.0 Å². The van der Waals surface area contributed by atoms with Crippen LogP contribution in [0.4, 0.5) is 0 Å². The molecule has 0 spiro atoms. The lowest BCUT2D eigenvalue weighted by molar-refractivity contribution is 0.336. The number of allylic oxidation sites excluding steroid dienone is 1. The highest BCUT2D eigenvalue weighted by Gasteiger charge is 2.12. The zero-order valence-corrected chi connectivity index (χ0v) is 11.1. The van der Waals surface area contributed by atoms with Gasteiger partial charge in [-0.3, -0.25) is 0 Å². The lowest BCUT2D eigenvalue weighted by Gasteiger charge is -2.14. The second-order valence-electron chi connectivity index (χ2n) is 3.73. The Hall–Kier alpha value is -0.660. The summed E-state index contributed by atoms with van der Waals surface area (Å²) in [6.07, 6.45) is 2.74. The highest BCUT2D eigenvalue weighted by Crippen LogP contribution is 2.33. The molecule has 1 aromatic rings. The fourth-order valence-corrected chi connectivity index (χ4v) is 2.09. The second kappa shape index (κ2) is 6.17. The summed E-state index contributed by atoms with van der Waals surface area (Å²) in [6.45, 7) is 8.40. The standard InChI is InChI=1S/C13H16Cl2O/c1-4-9(3)6-10-7-11(14)8-12(15)13(10)16-5-2/h4,7-9H,1,5-6H2,2-3H3. The largest absolute Gasteiger partial charge is 0.492 e. The van der Waals surface area contributed by atoms with Gasteiger partial charge in [0, 0.05) is 5.02 Å². The van der Waals surface area contributed by atoms with Gasteiger partial charge in [-0.1, -0.05) is 36.2 Å². The molecule has 1 unspecified atom stereocenters. The number of halogens is 2. The third-order valence-electron chi connectivity index (χ3n) is 2.32. The van der Waals surface area contributed by atoms with E-state index < -0.39 is 0 Å². The summed E-state index contributed by atoms with van der Waals surface area (Å²) in [4.78, 5) is 0. The van der Waals surface area contributed by atoms with Crippen LogP contribution in [0.1, 0.15) is 19.4 Å². The molecule has 0 aliphatic rings. The average molecular weight is 259 g/mol. The minimum absolute atomic E-state index is 0.369. The molecule has 1 atom stereocenters. The van der Waals surface area contributed by atoms with Crippen molar-refractivity contribution in [1.82, 2.24) is 0 Å². The molecule has 0 saturated carbocycles. The maximum Gasteiger partial charge on any atom is 0.141 e. The third kappa shape index (κ3) is 3.43. The van der Waals surface area contributed by atoms with Crippen molar-refractivity contribution in [3.63, 3.8) is 0 Å². The summed E-state index contributed by atoms with van der Waals surface area (Å²) in [5.41, 5.74) is 1.03. The van der Waals surface area contributed by atoms with Crippen molar-refractivity contribution in [2.45, 2.75) is 20.3 Å². The summed E-state index contributed by atoms with van der Waals surface area (Å²) in [7, 11) is 0. The SMILES string of the molecule is C=CC(C)Cc1cc(Cl)cc(Cl)c1OCC. The van der Waals surface area contributed by atoms with E-state index in [2.05, 4.69) is 13.5 Å². The van der Waals surface area contributed by atoms with Crippen LogP contribution in [0.15, 0.2) is 24.8 Å². The summed E-state index contributed by atoms with van der Waals surface area (Å²) in [5.74, 6) is 1.11. The van der Waals surface area contributed by atoms with Crippen LogP contribution in [0.3, 0.4) is 0 Å². The van der Waals surface area contributed by atoms with Crippen molar-refractivity contribution in [2.75, 3.05) is 6.61 Å². The second-order valence-corrected chi connectivity index (χ2v) is 4.57. The molecule has 0 saturated heterocycles. The molecule has 0 aliphatic heterocycles. The van der Waals surface area contributed by atoms with Gasteiger partial charge in [0.25, 0.3) is 0 Å². The van der Waals surface area contributed by atoms with Crippen molar-refractivity contribution in [3.8, 4) is 5.75 Å². The average Bonchev–Trinajstić information content (AvgIpc) is 2.23. The molecule has 0 bridgehead atoms. The Balaban J connectivity index is 3.07. The van der Waals surface area contributed by atoms with Crippen LogP contribution in [0, 0.1) is 5.92 Å². The van der Waals surface area contributed by atoms with Crippen molar-refractivity contribution in [1.29, 1.82) is 0 Å². The first-order valence-corrected chi connectivity index (χ1v) is 6.07. The third-order valence-corrected chi connectivity index (χ3v) is 2.82. The predicted molar refractivity (Wildman–Crippen MR) is 70.7 cm³/mol. The summed E-state index contributed by atoms with van der Waals surface area (Å²) in [5, 5.41) is 1.21. The van der Waals surface area contributed by atoms with Crippen LogP contribution >= 0.6 is 23.2 Å². The lowest BCUT2D eigenvalue weighted by Crippen LogP contribution is -2.02. The molecule has 3 heteroatoms. The Morgan fingerprint density at radius 2 is 2.12 bits per heavy atom. The van der Waals surface area contributed by atoms with Crippen LogP contribution < -0.4 is 4.74 Å². The van der Waals surface area contributed by atoms with Gasteiger partial charge >= 0.3 is 0 Å². The summed E-state index contributed by atoms with van der Waals surface area (Å²) < 4.78 is 5.54. The molecule has 88 valence electrons. The van der Waals surface area contributed by atoms with Crippen LogP contribution in [-0.2, 0) is 6.42 Å². The Kier molecular flexibility index (Phi) is 5.17. The molecule has 0 heterocycles. The maximum atomic E-state index is 6.10. The quantitative estimate of drug-likeness (QED) is 0.693. The van der Waals surface area contributed by atoms with E-state index >= 15 is 0 Å². The fourth-order valence-electron chi connectivity index (χ4n) is 1.50. The monoisotopic (exact) mass is 258 g/mol. The molecule has 1 aromatic carbocycles. The number of hydrogen-bond acceptors (Lipinski definition) is 1. The van der Waals surface area contributed by atoms with Gasteiger partial charge in [-0.25, -0.2) is 0 Å². The molecule has 0 fully saturated rings. The van der Waals surface area contributed by atoms with Crippen molar-refractivity contribution in [3.05, 3.63) is 40.4 Å². The molecule has 1 rings (SSSR count). The van der Waals surface area contributed by atoms with Gasteiger partial charge < -0.3 is 4.74 Å². The molecule has 0 aromatic heterocycles. The van der Waals surface area contributed by atoms with Gasteiger partial charge in [-0.05, 0) is 37.0 Å². The molecular formula is C13H16Cl2O. The molecule has 1 nitrogen and oxygen atoms in total. The van der Waals surface area contributed by atoms with E-state index in [4.69, 9.17) is 27.9 Å². The Labute approximate surface area is 107 Å². The van der Waals surface area contributed by atoms with E-state index in [-0.39, 0.29) is 0 Å². The summed E-state index contributed by atoms with van der Waals surface area (Å²) in [6, 6.07) is 3.61. The molecular weight excluding hydrogens is 243 g/mol. The summed E-state index contributed by atoms with van der Waals surface area (Å²) >= 11 is 12.1. The highest BCUT2D eigenvalue weighted by molar-refractivity contribution is 6.35. The van der Waals surface area contributed by atoms with E-state index in [0.29, 0.717) is 22.6 Å². The number of hydrogen-bond donors (Lipinski definition) is 0. The molecule has 0 N–H and O–H groups in total. The first kappa shape index (κ1) is 13.4. The maximum absolute atomic E-state index is 6.10. The highest BCUT2D eigenvalue weighted by atomic mass is 35.5. The van der Waals surface area contributed by atoms with E-state index in [1.165, 1.54) is 0 Å². The molecule has 0 amide bonds. The van der Waals surface area contributed by atoms with Gasteiger partial charge in [0.15, 0.2) is 0 Å². The van der Waals surface area contributed by atoms with E-state index in [0.717, 1.165) is 17.7 Å². The topological polar surface area (TPSA) is 9.23 Å². The van der Waals surface area contributed by atoms with Gasteiger partial charge in [0.2, 0.25) is 0 Å². The van der Waals surface area contributed by atoms with E-state index in [1.54, 1.807) is 6.07 Å². The molecule has 16 heavy (non-hydrogen) atoms. The minimum Gasteiger partial charge on any atom is -0.492 e. The number of rotatable bonds is 5. The zero-order valence-electron chi connectivity index (χ0n) is 9.59. The van der Waals surface area contributed by atoms with Gasteiger partial charge in [-0.15, -0.1) is 6.58 Å². The van der Waals surface area contributed by atoms with Crippen LogP contribution in [-0.4, -0.2) is 6.61 Å². The molecule has 0 aliphatic carbocycles. The normalized spacial score (nSPS) is 12.2. The first-order valence-electron chi connectivity index (χ1n) is 5.31. The van der Waals surface area contributed by atoms with Crippen molar-refractivity contribution in [2.24, 2.45) is 5.92 Å². The van der Waals surface area contributed by atoms with Gasteiger partial charge in [-0.2, -0.15) is 0 Å². The molecule has 0 radical (unpaired) electrons. The number of benzene rings is 1.